The van der Waals surface area contributed by atoms with E-state index in [9.17, 15) is 49.5 Å². The first-order chi connectivity index (χ1) is 56.1. The summed E-state index contributed by atoms with van der Waals surface area (Å²) in [5.41, 5.74) is 8.29. The van der Waals surface area contributed by atoms with Gasteiger partial charge in [0.05, 0.1) is 27.8 Å². The second-order valence-electron chi connectivity index (χ2n) is 23.9. The first kappa shape index (κ1) is 101. The molecule has 13 aromatic rings. The number of benzene rings is 13. The Bertz CT molecular complexity index is 4740. The fraction of sp³-hybridized carbons (Fsp3) is 0.163. The Morgan fingerprint density at radius 1 is 0.291 bits per heavy atom. The lowest BCUT2D eigenvalue weighted by Gasteiger charge is -2.32. The molecule has 1 aliphatic rings. The van der Waals surface area contributed by atoms with E-state index in [1.54, 1.807) is 170 Å². The average Bonchev–Trinajstić information content (AvgIpc) is 1.20. The van der Waals surface area contributed by atoms with Gasteiger partial charge in [-0.1, -0.05) is 253 Å². The molecule has 0 aliphatic carbocycles. The van der Waals surface area contributed by atoms with Crippen molar-refractivity contribution < 1.29 is 94.8 Å². The Morgan fingerprint density at radius 2 is 0.564 bits per heavy atom. The molecule has 0 spiro atoms. The number of aromatic hydroxyl groups is 9. The molecule has 0 radical (unpaired) electrons. The molecule has 1 aliphatic heterocycles. The molecule has 0 amide bonds. The smallest absolute Gasteiger partial charge is 0.346 e. The summed E-state index contributed by atoms with van der Waals surface area (Å²) in [6.07, 6.45) is 0. The molecule has 0 fully saturated rings. The van der Waals surface area contributed by atoms with Gasteiger partial charge in [0.1, 0.15) is 58.5 Å². The number of aryl methyl sites for hydroxylation is 1. The number of carbonyl (C=O) groups is 6. The van der Waals surface area contributed by atoms with Crippen molar-refractivity contribution in [1.29, 1.82) is 0 Å². The van der Waals surface area contributed by atoms with Gasteiger partial charge in [-0.2, -0.15) is 0 Å². The van der Waals surface area contributed by atoms with Crippen LogP contribution in [0.2, 0.25) is 0 Å². The van der Waals surface area contributed by atoms with Gasteiger partial charge >= 0.3 is 29.8 Å². The molecule has 614 valence electrons. The Labute approximate surface area is 685 Å². The summed E-state index contributed by atoms with van der Waals surface area (Å²) in [6.45, 7) is 30.2. The van der Waals surface area contributed by atoms with E-state index in [-0.39, 0.29) is 62.4 Å². The molecule has 12 N–H and O–H groups in total. The van der Waals surface area contributed by atoms with E-state index in [1.165, 1.54) is 12.1 Å². The molecular weight excluding hydrogens is 1480 g/mol. The molecule has 14 rings (SSSR count). The van der Waals surface area contributed by atoms with Crippen LogP contribution in [0.5, 0.6) is 51.7 Å². The van der Waals surface area contributed by atoms with E-state index < -0.39 is 35.3 Å². The maximum absolute atomic E-state index is 11.0. The molecule has 0 bridgehead atoms. The fourth-order valence-electron chi connectivity index (χ4n) is 10.4. The summed E-state index contributed by atoms with van der Waals surface area (Å²) in [7, 11) is 0. The molecule has 117 heavy (non-hydrogen) atoms. The van der Waals surface area contributed by atoms with E-state index in [0.717, 1.165) is 61.3 Å². The van der Waals surface area contributed by atoms with Crippen LogP contribution < -0.4 is 0 Å². The number of carbonyl (C=O) groups excluding carboxylic acids is 3. The van der Waals surface area contributed by atoms with Gasteiger partial charge in [-0.3, -0.25) is 0 Å². The molecule has 0 aromatic heterocycles. The summed E-state index contributed by atoms with van der Waals surface area (Å²) in [4.78, 5) is 61.6. The van der Waals surface area contributed by atoms with Crippen molar-refractivity contribution in [3.05, 3.63) is 377 Å². The molecule has 0 saturated carbocycles. The van der Waals surface area contributed by atoms with Gasteiger partial charge in [0.25, 0.3) is 0 Å². The Kier molecular flexibility index (Phi) is 46.6. The number of phenolic OH excluding ortho intramolecular Hbond substituents is 9. The second-order valence-corrected chi connectivity index (χ2v) is 23.9. The zero-order chi connectivity index (χ0) is 88.2. The summed E-state index contributed by atoms with van der Waals surface area (Å²) in [5.74, 6) is -2.08. The van der Waals surface area contributed by atoms with Crippen LogP contribution in [0.15, 0.2) is 315 Å². The molecule has 1 heterocycles. The van der Waals surface area contributed by atoms with Crippen LogP contribution in [0.25, 0.3) is 21.9 Å². The largest absolute Gasteiger partial charge is 0.508 e. The third kappa shape index (κ3) is 33.0. The highest BCUT2D eigenvalue weighted by Gasteiger charge is 2.32. The van der Waals surface area contributed by atoms with Crippen LogP contribution in [0, 0.1) is 6.92 Å². The zero-order valence-corrected chi connectivity index (χ0v) is 68.5. The molecule has 0 atom stereocenters. The van der Waals surface area contributed by atoms with Crippen LogP contribution in [0.4, 0.5) is 0 Å². The van der Waals surface area contributed by atoms with Crippen molar-refractivity contribution in [3.63, 3.8) is 0 Å². The maximum atomic E-state index is 11.0. The molecule has 0 saturated heterocycles. The van der Waals surface area contributed by atoms with Crippen molar-refractivity contribution in [2.75, 3.05) is 0 Å². The predicted octanol–water partition coefficient (Wildman–Crippen LogP) is 23.0. The standard InChI is InChI=1S/C20H18O3.C15H16O2.2C12H10O2.C9H4O5.C7H6O2.2C6H6O.5C2H6.CH2O/c1-20(14-2-8-17(21)9-3-14,15-4-10-18(22)11-5-15)16-6-12-19(23)13-7-16;1-15(2,11-3-7-13(16)8-4-11)12-5-9-14(17)10-6-12;13-11-5-1-9(2-6-11)10-3-7-12(14)8-4-10;1-8-10-5-3-2-4-9(10)6-7-11(8)12(13)14;10-7(11)4-1-2-5-6(3-4)9(13)14-8(5)12;8-7(9)6-4-2-1-3-5-6;2*7-6-4-2-1-3-5-6;6*1-2/h2-13,21-23H,1H3;3-10,16-17H,1-2H3;1-8,13-14H;2-7H,1H3,(H,13,14);1-3H,(H,10,11);1-5H,(H,8,9);2*1-5,7H;5*1-2H3;1H2. The van der Waals surface area contributed by atoms with Gasteiger partial charge in [-0.15, -0.1) is 0 Å². The van der Waals surface area contributed by atoms with Gasteiger partial charge in [0, 0.05) is 10.8 Å². The molecular formula is C98H108O19. The van der Waals surface area contributed by atoms with E-state index >= 15 is 0 Å². The third-order valence-corrected chi connectivity index (χ3v) is 16.4. The highest BCUT2D eigenvalue weighted by Crippen LogP contribution is 2.41. The predicted molar refractivity (Wildman–Crippen MR) is 466 cm³/mol. The summed E-state index contributed by atoms with van der Waals surface area (Å²) < 4.78 is 4.30. The minimum absolute atomic E-state index is 0.00917. The van der Waals surface area contributed by atoms with Gasteiger partial charge < -0.3 is 70.8 Å². The third-order valence-electron chi connectivity index (χ3n) is 16.4. The van der Waals surface area contributed by atoms with Gasteiger partial charge in [0.15, 0.2) is 0 Å². The van der Waals surface area contributed by atoms with Crippen molar-refractivity contribution in [2.45, 2.75) is 108 Å². The van der Waals surface area contributed by atoms with E-state index in [0.29, 0.717) is 22.6 Å². The van der Waals surface area contributed by atoms with Gasteiger partial charge in [0.2, 0.25) is 0 Å². The molecule has 0 unspecified atom stereocenters. The minimum atomic E-state index is -1.15. The number of fused-ring (bicyclic) bond motifs is 2. The number of para-hydroxylation sites is 2. The topological polar surface area (TPSA) is 354 Å². The van der Waals surface area contributed by atoms with Crippen molar-refractivity contribution in [3.8, 4) is 62.9 Å². The SMILES string of the molecule is C=O.CC.CC.CC.CC.CC.CC(C)(c1ccc(O)cc1)c1ccc(O)cc1.CC(c1ccc(O)cc1)(c1ccc(O)cc1)c1ccc(O)cc1.Cc1c(C(=O)O)ccc2ccccc12.O=C(O)c1ccc2c(c1)C(=O)OC2=O.O=C(O)c1ccccc1.Oc1ccc(-c2ccc(O)cc2)cc1.Oc1ccccc1.Oc1ccccc1. The average molecular weight is 1590 g/mol. The van der Waals surface area contributed by atoms with Crippen molar-refractivity contribution in [2.24, 2.45) is 0 Å². The number of cyclic esters (lactones) is 2. The minimum Gasteiger partial charge on any atom is -0.508 e. The van der Waals surface area contributed by atoms with Crippen LogP contribution in [0.1, 0.15) is 175 Å². The van der Waals surface area contributed by atoms with Crippen molar-refractivity contribution in [1.82, 2.24) is 0 Å². The summed E-state index contributed by atoms with van der Waals surface area (Å²) in [6, 6.07) is 90.3. The van der Waals surface area contributed by atoms with E-state index in [4.69, 9.17) is 40.5 Å². The Morgan fingerprint density at radius 3 is 0.855 bits per heavy atom. The first-order valence-electron chi connectivity index (χ1n) is 37.6. The number of phenols is 9. The highest BCUT2D eigenvalue weighted by molar-refractivity contribution is 6.15. The van der Waals surface area contributed by atoms with Crippen LogP contribution in [-0.2, 0) is 20.4 Å². The number of carboxylic acids is 3. The quantitative estimate of drug-likeness (QED) is 0.0363. The lowest BCUT2D eigenvalue weighted by atomic mass is 9.71. The second kappa shape index (κ2) is 54.3. The number of carboxylic acid groups (broad SMARTS) is 3. The number of aromatic carboxylic acids is 3. The van der Waals surface area contributed by atoms with Crippen LogP contribution >= 0.6 is 0 Å². The van der Waals surface area contributed by atoms with Gasteiger partial charge in [-0.05, 0) is 215 Å². The molecule has 13 aromatic carbocycles. The zero-order valence-electron chi connectivity index (χ0n) is 68.5. The lowest BCUT2D eigenvalue weighted by Crippen LogP contribution is -2.25. The highest BCUT2D eigenvalue weighted by atomic mass is 16.6. The maximum Gasteiger partial charge on any atom is 0.346 e. The fourth-order valence-corrected chi connectivity index (χ4v) is 10.4. The van der Waals surface area contributed by atoms with Crippen LogP contribution in [-0.4, -0.2) is 97.9 Å². The normalized spacial score (nSPS) is 9.97. The first-order valence-corrected chi connectivity index (χ1v) is 37.6. The summed E-state index contributed by atoms with van der Waals surface area (Å²) in [5, 5.41) is 111. The van der Waals surface area contributed by atoms with Crippen molar-refractivity contribution >= 4 is 47.4 Å². The molecule has 19 nitrogen and oxygen atoms in total. The number of esters is 2. The number of rotatable bonds is 9. The monoisotopic (exact) mass is 1590 g/mol. The number of hydrogen-bond acceptors (Lipinski definition) is 16. The van der Waals surface area contributed by atoms with E-state index in [1.807, 2.05) is 210 Å². The lowest BCUT2D eigenvalue weighted by molar-refractivity contribution is -0.0980. The van der Waals surface area contributed by atoms with Gasteiger partial charge in [-0.25, -0.2) is 24.0 Å². The Hall–Kier alpha value is -14.5. The Balaban J connectivity index is 0.000000670. The number of ether oxygens (including phenoxy) is 1. The number of hydrogen-bond donors (Lipinski definition) is 12. The molecule has 19 heteroatoms. The van der Waals surface area contributed by atoms with Crippen LogP contribution in [0.3, 0.4) is 0 Å². The summed E-state index contributed by atoms with van der Waals surface area (Å²) >= 11 is 0. The van der Waals surface area contributed by atoms with E-state index in [2.05, 4.69) is 25.5 Å².